The van der Waals surface area contributed by atoms with E-state index in [1.165, 1.54) is 0 Å². The number of nitrogens with zero attached hydrogens (tertiary/aromatic N) is 2. The fourth-order valence-electron chi connectivity index (χ4n) is 1.82. The summed E-state index contributed by atoms with van der Waals surface area (Å²) >= 11 is 0. The molecule has 1 aliphatic carbocycles. The molecule has 0 atom stereocenters. The van der Waals surface area contributed by atoms with Gasteiger partial charge in [0.1, 0.15) is 0 Å². The second kappa shape index (κ2) is 7.65. The lowest BCUT2D eigenvalue weighted by atomic mass is 9.92. The van der Waals surface area contributed by atoms with E-state index < -0.39 is 0 Å². The lowest BCUT2D eigenvalue weighted by Gasteiger charge is -2.26. The Morgan fingerprint density at radius 1 is 1.06 bits per heavy atom. The van der Waals surface area contributed by atoms with E-state index in [1.54, 1.807) is 12.4 Å². The van der Waals surface area contributed by atoms with Crippen LogP contribution < -0.4 is 11.1 Å². The third-order valence-electron chi connectivity index (χ3n) is 2.67. The van der Waals surface area contributed by atoms with Gasteiger partial charge in [-0.1, -0.05) is 0 Å². The summed E-state index contributed by atoms with van der Waals surface area (Å²) in [6, 6.07) is 2.71. The maximum absolute atomic E-state index is 5.83. The van der Waals surface area contributed by atoms with Crippen LogP contribution in [0.15, 0.2) is 18.5 Å². The van der Waals surface area contributed by atoms with Crippen LogP contribution >= 0.6 is 24.8 Å². The van der Waals surface area contributed by atoms with Crippen molar-refractivity contribution in [2.45, 2.75) is 37.8 Å². The van der Waals surface area contributed by atoms with Crippen LogP contribution in [-0.4, -0.2) is 22.1 Å². The molecule has 0 amide bonds. The number of aromatic nitrogens is 2. The van der Waals surface area contributed by atoms with Crippen molar-refractivity contribution in [2.24, 2.45) is 5.73 Å². The number of hydrogen-bond donors (Lipinski definition) is 2. The van der Waals surface area contributed by atoms with Crippen molar-refractivity contribution >= 4 is 30.8 Å². The van der Waals surface area contributed by atoms with Gasteiger partial charge in [-0.15, -0.1) is 24.8 Å². The van der Waals surface area contributed by atoms with E-state index in [9.17, 15) is 0 Å². The highest BCUT2D eigenvalue weighted by Crippen LogP contribution is 2.19. The number of hydrogen-bond acceptors (Lipinski definition) is 4. The van der Waals surface area contributed by atoms with Gasteiger partial charge in [0.05, 0.1) is 0 Å². The molecule has 3 N–H and O–H groups in total. The van der Waals surface area contributed by atoms with Crippen LogP contribution in [0.1, 0.15) is 25.7 Å². The monoisotopic (exact) mass is 264 g/mol. The van der Waals surface area contributed by atoms with Crippen molar-refractivity contribution in [1.29, 1.82) is 0 Å². The molecule has 0 radical (unpaired) electrons. The Labute approximate surface area is 108 Å². The molecule has 1 aromatic heterocycles. The highest BCUT2D eigenvalue weighted by atomic mass is 35.5. The molecule has 1 heterocycles. The first-order valence-electron chi connectivity index (χ1n) is 5.14. The predicted octanol–water partition coefficient (Wildman–Crippen LogP) is 2.00. The molecule has 1 aliphatic rings. The van der Waals surface area contributed by atoms with Crippen LogP contribution in [0.5, 0.6) is 0 Å². The van der Waals surface area contributed by atoms with E-state index in [4.69, 9.17) is 5.73 Å². The maximum atomic E-state index is 5.83. The van der Waals surface area contributed by atoms with Gasteiger partial charge in [-0.25, -0.2) is 9.97 Å². The molecule has 0 aliphatic heterocycles. The fraction of sp³-hybridized carbons (Fsp3) is 0.600. The average molecular weight is 265 g/mol. The second-order valence-corrected chi connectivity index (χ2v) is 3.83. The van der Waals surface area contributed by atoms with Gasteiger partial charge in [0.15, 0.2) is 0 Å². The van der Waals surface area contributed by atoms with E-state index in [-0.39, 0.29) is 24.8 Å². The van der Waals surface area contributed by atoms with Gasteiger partial charge in [-0.05, 0) is 31.7 Å². The highest BCUT2D eigenvalue weighted by molar-refractivity contribution is 5.85. The van der Waals surface area contributed by atoms with Crippen LogP contribution in [0.25, 0.3) is 0 Å². The van der Waals surface area contributed by atoms with Crippen LogP contribution in [0.3, 0.4) is 0 Å². The van der Waals surface area contributed by atoms with Gasteiger partial charge in [0, 0.05) is 24.5 Å². The molecular formula is C10H18Cl2N4. The van der Waals surface area contributed by atoms with Crippen molar-refractivity contribution in [3.63, 3.8) is 0 Å². The largest absolute Gasteiger partial charge is 0.351 e. The fourth-order valence-corrected chi connectivity index (χ4v) is 1.82. The van der Waals surface area contributed by atoms with Gasteiger partial charge < -0.3 is 11.1 Å². The number of nitrogens with one attached hydrogen (secondary N) is 1. The summed E-state index contributed by atoms with van der Waals surface area (Å²) in [5.41, 5.74) is 5.83. The summed E-state index contributed by atoms with van der Waals surface area (Å²) in [6.07, 6.45) is 7.96. The Morgan fingerprint density at radius 3 is 2.19 bits per heavy atom. The molecule has 0 saturated heterocycles. The predicted molar refractivity (Wildman–Crippen MR) is 70.4 cm³/mol. The van der Waals surface area contributed by atoms with Crippen LogP contribution in [0, 0.1) is 0 Å². The Bertz CT molecular complexity index is 275. The quantitative estimate of drug-likeness (QED) is 0.858. The molecule has 92 valence electrons. The summed E-state index contributed by atoms with van der Waals surface area (Å²) in [5.74, 6) is 0.730. The molecule has 1 aromatic rings. The van der Waals surface area contributed by atoms with Crippen LogP contribution in [0.2, 0.25) is 0 Å². The molecule has 0 unspecified atom stereocenters. The second-order valence-electron chi connectivity index (χ2n) is 3.83. The van der Waals surface area contributed by atoms with Gasteiger partial charge in [0.2, 0.25) is 5.95 Å². The van der Waals surface area contributed by atoms with Crippen molar-refractivity contribution < 1.29 is 0 Å². The minimum Gasteiger partial charge on any atom is -0.351 e. The average Bonchev–Trinajstić information content (AvgIpc) is 2.23. The maximum Gasteiger partial charge on any atom is 0.222 e. The first-order chi connectivity index (χ1) is 6.84. The SMILES string of the molecule is Cl.Cl.NC1CCC(Nc2ncccn2)CC1. The number of halogens is 2. The molecule has 0 aromatic carbocycles. The molecule has 2 rings (SSSR count). The zero-order valence-corrected chi connectivity index (χ0v) is 10.6. The molecule has 1 saturated carbocycles. The van der Waals surface area contributed by atoms with E-state index in [0.717, 1.165) is 31.6 Å². The lowest BCUT2D eigenvalue weighted by Crippen LogP contribution is -2.33. The third kappa shape index (κ3) is 4.51. The van der Waals surface area contributed by atoms with Gasteiger partial charge in [0.25, 0.3) is 0 Å². The lowest BCUT2D eigenvalue weighted by molar-refractivity contribution is 0.410. The van der Waals surface area contributed by atoms with E-state index in [1.807, 2.05) is 6.07 Å². The zero-order valence-electron chi connectivity index (χ0n) is 9.00. The molecule has 16 heavy (non-hydrogen) atoms. The normalized spacial score (nSPS) is 23.8. The van der Waals surface area contributed by atoms with Crippen molar-refractivity contribution in [1.82, 2.24) is 9.97 Å². The molecule has 0 spiro atoms. The van der Waals surface area contributed by atoms with Crippen LogP contribution in [-0.2, 0) is 0 Å². The summed E-state index contributed by atoms with van der Waals surface area (Å²) in [5, 5.41) is 3.32. The standard InChI is InChI=1S/C10H16N4.2ClH/c11-8-2-4-9(5-3-8)14-10-12-6-1-7-13-10;;/h1,6-9H,2-5,11H2,(H,12,13,14);2*1H. The summed E-state index contributed by atoms with van der Waals surface area (Å²) in [6.45, 7) is 0. The van der Waals surface area contributed by atoms with Crippen molar-refractivity contribution in [2.75, 3.05) is 5.32 Å². The van der Waals surface area contributed by atoms with E-state index >= 15 is 0 Å². The van der Waals surface area contributed by atoms with Crippen LogP contribution in [0.4, 0.5) is 5.95 Å². The first-order valence-corrected chi connectivity index (χ1v) is 5.14. The van der Waals surface area contributed by atoms with Gasteiger partial charge >= 0.3 is 0 Å². The van der Waals surface area contributed by atoms with Gasteiger partial charge in [-0.3, -0.25) is 0 Å². The first kappa shape index (κ1) is 15.4. The van der Waals surface area contributed by atoms with E-state index in [2.05, 4.69) is 15.3 Å². The van der Waals surface area contributed by atoms with Crippen molar-refractivity contribution in [3.8, 4) is 0 Å². The summed E-state index contributed by atoms with van der Waals surface area (Å²) in [7, 11) is 0. The Hall–Kier alpha value is -0.580. The van der Waals surface area contributed by atoms with Gasteiger partial charge in [-0.2, -0.15) is 0 Å². The topological polar surface area (TPSA) is 63.8 Å². The Morgan fingerprint density at radius 2 is 1.62 bits per heavy atom. The molecular weight excluding hydrogens is 247 g/mol. The minimum atomic E-state index is 0. The minimum absolute atomic E-state index is 0. The molecule has 4 nitrogen and oxygen atoms in total. The number of nitrogens with two attached hydrogens (primary N) is 1. The molecule has 6 heteroatoms. The zero-order chi connectivity index (χ0) is 9.80. The molecule has 1 fully saturated rings. The molecule has 0 bridgehead atoms. The smallest absolute Gasteiger partial charge is 0.222 e. The Kier molecular flexibility index (Phi) is 7.38. The highest BCUT2D eigenvalue weighted by Gasteiger charge is 2.18. The third-order valence-corrected chi connectivity index (χ3v) is 2.67. The Balaban J connectivity index is 0.00000112. The summed E-state index contributed by atoms with van der Waals surface area (Å²) in [4.78, 5) is 8.28. The van der Waals surface area contributed by atoms with E-state index in [0.29, 0.717) is 12.1 Å². The number of rotatable bonds is 2. The summed E-state index contributed by atoms with van der Waals surface area (Å²) < 4.78 is 0. The van der Waals surface area contributed by atoms with Crippen molar-refractivity contribution in [3.05, 3.63) is 18.5 Å². The number of anilines is 1.